The molecule has 2 heterocycles. The minimum atomic E-state index is 0.406. The SMILES string of the molecule is CC(C)c1cccc2c1oc1c(-c3ccc4c(c3)c3ccccc3n4-c3ccccc3)cccc12. The molecule has 0 aliphatic carbocycles. The zero-order valence-electron chi connectivity index (χ0n) is 19.8. The van der Waals surface area contributed by atoms with Crippen molar-refractivity contribution in [3.05, 3.63) is 115 Å². The van der Waals surface area contributed by atoms with Crippen molar-refractivity contribution in [2.45, 2.75) is 19.8 Å². The minimum absolute atomic E-state index is 0.406. The van der Waals surface area contributed by atoms with Gasteiger partial charge in [-0.3, -0.25) is 0 Å². The number of fused-ring (bicyclic) bond motifs is 6. The van der Waals surface area contributed by atoms with E-state index in [9.17, 15) is 0 Å². The van der Waals surface area contributed by atoms with E-state index in [-0.39, 0.29) is 0 Å². The van der Waals surface area contributed by atoms with Crippen molar-refractivity contribution in [1.29, 1.82) is 0 Å². The zero-order chi connectivity index (χ0) is 23.5. The van der Waals surface area contributed by atoms with Gasteiger partial charge in [-0.05, 0) is 47.4 Å². The second-order valence-electron chi connectivity index (χ2n) is 9.58. The van der Waals surface area contributed by atoms with E-state index in [2.05, 4.69) is 128 Å². The molecule has 0 radical (unpaired) electrons. The van der Waals surface area contributed by atoms with Crippen molar-refractivity contribution < 1.29 is 4.42 Å². The van der Waals surface area contributed by atoms with Crippen LogP contribution in [-0.4, -0.2) is 4.57 Å². The molecule has 7 rings (SSSR count). The summed E-state index contributed by atoms with van der Waals surface area (Å²) in [7, 11) is 0. The monoisotopic (exact) mass is 451 g/mol. The molecule has 0 saturated carbocycles. The molecule has 2 nitrogen and oxygen atoms in total. The van der Waals surface area contributed by atoms with Crippen LogP contribution in [0.3, 0.4) is 0 Å². The number of hydrogen-bond donors (Lipinski definition) is 0. The molecular formula is C33H25NO. The van der Waals surface area contributed by atoms with Gasteiger partial charge in [0.25, 0.3) is 0 Å². The molecule has 0 bridgehead atoms. The van der Waals surface area contributed by atoms with Gasteiger partial charge in [-0.15, -0.1) is 0 Å². The van der Waals surface area contributed by atoms with Crippen LogP contribution in [0.1, 0.15) is 25.3 Å². The lowest BCUT2D eigenvalue weighted by molar-refractivity contribution is 0.658. The summed E-state index contributed by atoms with van der Waals surface area (Å²) < 4.78 is 8.95. The highest BCUT2D eigenvalue weighted by molar-refractivity contribution is 6.13. The van der Waals surface area contributed by atoms with Crippen LogP contribution < -0.4 is 0 Å². The average molecular weight is 452 g/mol. The summed E-state index contributed by atoms with van der Waals surface area (Å²) >= 11 is 0. The molecule has 2 aromatic heterocycles. The fraction of sp³-hybridized carbons (Fsp3) is 0.0909. The third-order valence-corrected chi connectivity index (χ3v) is 7.17. The third kappa shape index (κ3) is 2.96. The van der Waals surface area contributed by atoms with Crippen molar-refractivity contribution in [2.24, 2.45) is 0 Å². The molecule has 0 aliphatic heterocycles. The number of para-hydroxylation sites is 4. The molecule has 0 spiro atoms. The number of aromatic nitrogens is 1. The summed E-state index contributed by atoms with van der Waals surface area (Å²) in [5.41, 5.74) is 9.12. The van der Waals surface area contributed by atoms with Gasteiger partial charge in [0, 0.05) is 32.8 Å². The highest BCUT2D eigenvalue weighted by Gasteiger charge is 2.17. The van der Waals surface area contributed by atoms with Crippen molar-refractivity contribution in [3.8, 4) is 16.8 Å². The van der Waals surface area contributed by atoms with Gasteiger partial charge in [0.2, 0.25) is 0 Å². The first-order chi connectivity index (χ1) is 17.2. The normalized spacial score (nSPS) is 12.0. The summed E-state index contributed by atoms with van der Waals surface area (Å²) in [6.45, 7) is 4.44. The molecule has 5 aromatic carbocycles. The third-order valence-electron chi connectivity index (χ3n) is 7.17. The largest absolute Gasteiger partial charge is 0.455 e. The molecule has 168 valence electrons. The van der Waals surface area contributed by atoms with E-state index in [0.717, 1.165) is 16.7 Å². The van der Waals surface area contributed by atoms with E-state index < -0.39 is 0 Å². The van der Waals surface area contributed by atoms with Crippen molar-refractivity contribution in [2.75, 3.05) is 0 Å². The van der Waals surface area contributed by atoms with Gasteiger partial charge in [-0.1, -0.05) is 92.7 Å². The smallest absolute Gasteiger partial charge is 0.143 e. The van der Waals surface area contributed by atoms with E-state index in [1.54, 1.807) is 0 Å². The summed E-state index contributed by atoms with van der Waals surface area (Å²) in [6, 6.07) is 39.0. The van der Waals surface area contributed by atoms with Gasteiger partial charge < -0.3 is 8.98 Å². The Balaban J connectivity index is 1.51. The van der Waals surface area contributed by atoms with Crippen LogP contribution in [0.15, 0.2) is 114 Å². The van der Waals surface area contributed by atoms with Crippen LogP contribution in [-0.2, 0) is 0 Å². The molecule has 7 aromatic rings. The van der Waals surface area contributed by atoms with Crippen molar-refractivity contribution in [3.63, 3.8) is 0 Å². The van der Waals surface area contributed by atoms with E-state index in [0.29, 0.717) is 5.92 Å². The molecular weight excluding hydrogens is 426 g/mol. The van der Waals surface area contributed by atoms with Crippen LogP contribution in [0, 0.1) is 0 Å². The van der Waals surface area contributed by atoms with E-state index in [4.69, 9.17) is 4.42 Å². The molecule has 0 unspecified atom stereocenters. The molecule has 0 N–H and O–H groups in total. The number of furan rings is 1. The maximum Gasteiger partial charge on any atom is 0.143 e. The van der Waals surface area contributed by atoms with Gasteiger partial charge >= 0.3 is 0 Å². The second-order valence-corrected chi connectivity index (χ2v) is 9.58. The first-order valence-electron chi connectivity index (χ1n) is 12.2. The van der Waals surface area contributed by atoms with Crippen LogP contribution in [0.4, 0.5) is 0 Å². The van der Waals surface area contributed by atoms with Gasteiger partial charge in [0.1, 0.15) is 11.2 Å². The molecule has 0 fully saturated rings. The highest BCUT2D eigenvalue weighted by Crippen LogP contribution is 2.40. The highest BCUT2D eigenvalue weighted by atomic mass is 16.3. The maximum atomic E-state index is 6.60. The Kier molecular flexibility index (Phi) is 4.37. The first-order valence-corrected chi connectivity index (χ1v) is 12.2. The van der Waals surface area contributed by atoms with E-state index >= 15 is 0 Å². The molecule has 2 heteroatoms. The Morgan fingerprint density at radius 1 is 0.571 bits per heavy atom. The summed E-state index contributed by atoms with van der Waals surface area (Å²) in [6.07, 6.45) is 0. The van der Waals surface area contributed by atoms with Crippen molar-refractivity contribution in [1.82, 2.24) is 4.57 Å². The lowest BCUT2D eigenvalue weighted by atomic mass is 9.98. The quantitative estimate of drug-likeness (QED) is 0.262. The number of hydrogen-bond acceptors (Lipinski definition) is 1. The molecule has 0 atom stereocenters. The summed E-state index contributed by atoms with van der Waals surface area (Å²) in [4.78, 5) is 0. The Hall–Kier alpha value is -4.30. The average Bonchev–Trinajstić information content (AvgIpc) is 3.44. The van der Waals surface area contributed by atoms with Crippen LogP contribution in [0.25, 0.3) is 60.6 Å². The van der Waals surface area contributed by atoms with Gasteiger partial charge in [0.15, 0.2) is 0 Å². The molecule has 0 saturated heterocycles. The van der Waals surface area contributed by atoms with Crippen LogP contribution >= 0.6 is 0 Å². The Labute approximate surface area is 204 Å². The number of benzene rings is 5. The summed E-state index contributed by atoms with van der Waals surface area (Å²) in [5, 5.41) is 4.87. The topological polar surface area (TPSA) is 18.1 Å². The van der Waals surface area contributed by atoms with Gasteiger partial charge in [0.05, 0.1) is 11.0 Å². The predicted octanol–water partition coefficient (Wildman–Crippen LogP) is 9.47. The van der Waals surface area contributed by atoms with Crippen LogP contribution in [0.2, 0.25) is 0 Å². The minimum Gasteiger partial charge on any atom is -0.455 e. The fourth-order valence-electron chi connectivity index (χ4n) is 5.52. The molecule has 0 amide bonds. The Morgan fingerprint density at radius 2 is 1.26 bits per heavy atom. The second kappa shape index (κ2) is 7.61. The Morgan fingerprint density at radius 3 is 2.09 bits per heavy atom. The lowest BCUT2D eigenvalue weighted by Crippen LogP contribution is -1.92. The van der Waals surface area contributed by atoms with Gasteiger partial charge in [-0.2, -0.15) is 0 Å². The molecule has 35 heavy (non-hydrogen) atoms. The maximum absolute atomic E-state index is 6.60. The van der Waals surface area contributed by atoms with E-state index in [1.165, 1.54) is 49.4 Å². The fourth-order valence-corrected chi connectivity index (χ4v) is 5.52. The first kappa shape index (κ1) is 20.1. The Bertz CT molecular complexity index is 1870. The van der Waals surface area contributed by atoms with Crippen molar-refractivity contribution >= 4 is 43.7 Å². The standard InChI is InChI=1S/C33H25NO/c1-21(2)24-13-8-15-27-28-16-9-14-25(33(28)35-32(24)27)22-18-19-31-29(20-22)26-12-6-7-17-30(26)34(31)23-10-4-3-5-11-23/h3-21H,1-2H3. The summed E-state index contributed by atoms with van der Waals surface area (Å²) in [5.74, 6) is 0.406. The predicted molar refractivity (Wildman–Crippen MR) is 148 cm³/mol. The lowest BCUT2D eigenvalue weighted by Gasteiger charge is -2.08. The number of nitrogens with zero attached hydrogens (tertiary/aromatic N) is 1. The van der Waals surface area contributed by atoms with Crippen LogP contribution in [0.5, 0.6) is 0 Å². The number of rotatable bonds is 3. The molecule has 0 aliphatic rings. The zero-order valence-corrected chi connectivity index (χ0v) is 19.8. The van der Waals surface area contributed by atoms with Gasteiger partial charge in [-0.25, -0.2) is 0 Å². The van der Waals surface area contributed by atoms with E-state index in [1.807, 2.05) is 0 Å².